The van der Waals surface area contributed by atoms with Crippen LogP contribution in [0.3, 0.4) is 0 Å². The van der Waals surface area contributed by atoms with Gasteiger partial charge in [-0.1, -0.05) is 18.7 Å². The molecule has 0 aromatic heterocycles. The van der Waals surface area contributed by atoms with Gasteiger partial charge in [0.15, 0.2) is 5.17 Å². The normalized spacial score (nSPS) is 38.3. The van der Waals surface area contributed by atoms with Crippen LogP contribution in [0.4, 0.5) is 0 Å². The summed E-state index contributed by atoms with van der Waals surface area (Å²) in [4.78, 5) is 6.31. The van der Waals surface area contributed by atoms with Crippen molar-refractivity contribution in [2.45, 2.75) is 56.2 Å². The summed E-state index contributed by atoms with van der Waals surface area (Å²) >= 11 is 1.48. The highest BCUT2D eigenvalue weighted by Crippen LogP contribution is 2.38. The summed E-state index contributed by atoms with van der Waals surface area (Å²) < 4.78 is 11.5. The first-order valence-electron chi connectivity index (χ1n) is 7.00. The fraction of sp³-hybridized carbons (Fsp3) is 0.923. The van der Waals surface area contributed by atoms with E-state index in [0.717, 1.165) is 11.6 Å². The molecule has 1 fully saturated rings. The lowest BCUT2D eigenvalue weighted by Crippen LogP contribution is -2.58. The molecule has 2 rings (SSSR count). The zero-order chi connectivity index (χ0) is 14.9. The van der Waals surface area contributed by atoms with Crippen LogP contribution in [0, 0.1) is 0 Å². The van der Waals surface area contributed by atoms with Crippen LogP contribution < -0.4 is 0 Å². The zero-order valence-corrected chi connectivity index (χ0v) is 13.2. The maximum Gasteiger partial charge on any atom is 0.161 e. The number of hydrogen-bond donors (Lipinski definition) is 2. The molecule has 0 aliphatic carbocycles. The van der Waals surface area contributed by atoms with E-state index in [9.17, 15) is 10.2 Å². The average Bonchev–Trinajstić information content (AvgIpc) is 2.84. The van der Waals surface area contributed by atoms with Crippen molar-refractivity contribution in [3.8, 4) is 0 Å². The zero-order valence-electron chi connectivity index (χ0n) is 12.4. The number of fused-ring (bicyclic) bond motifs is 1. The molecule has 2 aliphatic heterocycles. The largest absolute Gasteiger partial charge is 0.388 e. The van der Waals surface area contributed by atoms with Gasteiger partial charge in [0.1, 0.15) is 29.8 Å². The molecule has 2 heterocycles. The van der Waals surface area contributed by atoms with Crippen LogP contribution in [0.1, 0.15) is 20.3 Å². The number of aliphatic hydroxyl groups is 2. The van der Waals surface area contributed by atoms with Crippen LogP contribution >= 0.6 is 11.8 Å². The van der Waals surface area contributed by atoms with Gasteiger partial charge in [-0.05, 0) is 13.3 Å². The van der Waals surface area contributed by atoms with E-state index in [1.54, 1.807) is 0 Å². The van der Waals surface area contributed by atoms with Gasteiger partial charge in [-0.15, -0.1) is 0 Å². The third-order valence-corrected chi connectivity index (χ3v) is 4.82. The lowest BCUT2D eigenvalue weighted by molar-refractivity contribution is -0.191. The number of thioether (sulfide) groups is 1. The fourth-order valence-corrected chi connectivity index (χ4v) is 3.52. The van der Waals surface area contributed by atoms with Crippen molar-refractivity contribution in [2.75, 3.05) is 20.7 Å². The quantitative estimate of drug-likeness (QED) is 0.777. The molecule has 0 saturated carbocycles. The number of aliphatic hydroxyl groups excluding tert-OH is 2. The summed E-state index contributed by atoms with van der Waals surface area (Å²) in [6.45, 7) is 4.51. The molecule has 0 unspecified atom stereocenters. The van der Waals surface area contributed by atoms with E-state index in [2.05, 4.69) is 4.99 Å². The molecule has 0 bridgehead atoms. The van der Waals surface area contributed by atoms with Gasteiger partial charge in [-0.2, -0.15) is 0 Å². The fourth-order valence-electron chi connectivity index (χ4n) is 2.38. The molecule has 2 aliphatic rings. The Hall–Kier alpha value is -0.340. The smallest absolute Gasteiger partial charge is 0.161 e. The van der Waals surface area contributed by atoms with E-state index >= 15 is 0 Å². The first kappa shape index (κ1) is 16.0. The standard InChI is InChI=1S/C13H24N2O4S/c1-5-6-18-7(2)11-10(17)9(16)8-12(19-11)20-13(14-8)15(3)4/h7-12,16-17H,5-6H2,1-4H3/t7-,8-,9-,10+,11-,12-/m1/s1. The molecule has 0 spiro atoms. The van der Waals surface area contributed by atoms with Gasteiger partial charge in [0.25, 0.3) is 0 Å². The number of nitrogens with zero attached hydrogens (tertiary/aromatic N) is 2. The van der Waals surface area contributed by atoms with Crippen molar-refractivity contribution in [2.24, 2.45) is 4.99 Å². The van der Waals surface area contributed by atoms with Crippen molar-refractivity contribution in [1.29, 1.82) is 0 Å². The molecule has 0 aromatic rings. The maximum atomic E-state index is 10.3. The molecule has 7 heteroatoms. The minimum absolute atomic E-state index is 0.260. The average molecular weight is 304 g/mol. The van der Waals surface area contributed by atoms with Crippen LogP contribution in [0.5, 0.6) is 0 Å². The number of ether oxygens (including phenoxy) is 2. The Bertz CT molecular complexity index is 366. The summed E-state index contributed by atoms with van der Waals surface area (Å²) in [5.74, 6) is 0. The minimum Gasteiger partial charge on any atom is -0.388 e. The first-order chi connectivity index (χ1) is 9.45. The molecular weight excluding hydrogens is 280 g/mol. The highest BCUT2D eigenvalue weighted by atomic mass is 32.2. The SMILES string of the molecule is CCCO[C@H](C)[C@H]1O[C@@H]2SC(N(C)C)=N[C@@H]2[C@@H](O)[C@@H]1O. The Balaban J connectivity index is 2.05. The van der Waals surface area contributed by atoms with E-state index in [4.69, 9.17) is 9.47 Å². The molecule has 0 amide bonds. The molecule has 6 atom stereocenters. The van der Waals surface area contributed by atoms with Crippen LogP contribution in [0.15, 0.2) is 4.99 Å². The second kappa shape index (κ2) is 6.62. The lowest BCUT2D eigenvalue weighted by Gasteiger charge is -2.40. The second-order valence-corrected chi connectivity index (χ2v) is 6.51. The van der Waals surface area contributed by atoms with E-state index in [-0.39, 0.29) is 11.5 Å². The Morgan fingerprint density at radius 2 is 2.10 bits per heavy atom. The summed E-state index contributed by atoms with van der Waals surface area (Å²) in [5, 5.41) is 21.3. The van der Waals surface area contributed by atoms with Crippen LogP contribution in [0.25, 0.3) is 0 Å². The predicted molar refractivity (Wildman–Crippen MR) is 78.9 cm³/mol. The van der Waals surface area contributed by atoms with Gasteiger partial charge in [-0.25, -0.2) is 0 Å². The molecule has 0 aromatic carbocycles. The summed E-state index contributed by atoms with van der Waals surface area (Å²) in [5.41, 5.74) is -0.261. The van der Waals surface area contributed by atoms with E-state index < -0.39 is 24.4 Å². The Morgan fingerprint density at radius 3 is 2.70 bits per heavy atom. The molecular formula is C13H24N2O4S. The van der Waals surface area contributed by atoms with Gasteiger partial charge in [0.2, 0.25) is 0 Å². The van der Waals surface area contributed by atoms with Gasteiger partial charge in [0, 0.05) is 20.7 Å². The predicted octanol–water partition coefficient (Wildman–Crippen LogP) is 0.281. The minimum atomic E-state index is -0.978. The molecule has 116 valence electrons. The van der Waals surface area contributed by atoms with Crippen molar-refractivity contribution in [3.05, 3.63) is 0 Å². The Kier molecular flexibility index (Phi) is 5.30. The van der Waals surface area contributed by atoms with Gasteiger partial charge in [-0.3, -0.25) is 4.99 Å². The van der Waals surface area contributed by atoms with E-state index in [0.29, 0.717) is 6.61 Å². The Labute approximate surface area is 124 Å². The molecule has 0 radical (unpaired) electrons. The topological polar surface area (TPSA) is 74.5 Å². The summed E-state index contributed by atoms with van der Waals surface area (Å²) in [6.07, 6.45) is -1.78. The van der Waals surface area contributed by atoms with E-state index in [1.165, 1.54) is 11.8 Å². The molecule has 6 nitrogen and oxygen atoms in total. The lowest BCUT2D eigenvalue weighted by atomic mass is 9.95. The molecule has 20 heavy (non-hydrogen) atoms. The third-order valence-electron chi connectivity index (χ3n) is 3.52. The number of aliphatic imine (C=N–C) groups is 1. The second-order valence-electron chi connectivity index (χ2n) is 5.44. The Morgan fingerprint density at radius 1 is 1.40 bits per heavy atom. The van der Waals surface area contributed by atoms with Gasteiger partial charge in [0.05, 0.1) is 6.10 Å². The third kappa shape index (κ3) is 3.12. The van der Waals surface area contributed by atoms with Crippen molar-refractivity contribution >= 4 is 16.9 Å². The number of hydrogen-bond acceptors (Lipinski definition) is 7. The number of rotatable bonds is 4. The highest BCUT2D eigenvalue weighted by molar-refractivity contribution is 8.14. The molecule has 2 N–H and O–H groups in total. The summed E-state index contributed by atoms with van der Waals surface area (Å²) in [6, 6.07) is -0.415. The van der Waals surface area contributed by atoms with E-state index in [1.807, 2.05) is 32.8 Å². The van der Waals surface area contributed by atoms with Crippen LogP contribution in [-0.4, -0.2) is 76.9 Å². The molecule has 1 saturated heterocycles. The van der Waals surface area contributed by atoms with Crippen LogP contribution in [0.2, 0.25) is 0 Å². The van der Waals surface area contributed by atoms with Crippen molar-refractivity contribution in [1.82, 2.24) is 4.90 Å². The maximum absolute atomic E-state index is 10.3. The first-order valence-corrected chi connectivity index (χ1v) is 7.88. The van der Waals surface area contributed by atoms with Crippen LogP contribution in [-0.2, 0) is 9.47 Å². The van der Waals surface area contributed by atoms with Gasteiger partial charge < -0.3 is 24.6 Å². The summed E-state index contributed by atoms with van der Waals surface area (Å²) in [7, 11) is 3.80. The van der Waals surface area contributed by atoms with Crippen molar-refractivity contribution in [3.63, 3.8) is 0 Å². The number of amidine groups is 1. The van der Waals surface area contributed by atoms with Crippen molar-refractivity contribution < 1.29 is 19.7 Å². The monoisotopic (exact) mass is 304 g/mol. The highest BCUT2D eigenvalue weighted by Gasteiger charge is 2.50. The van der Waals surface area contributed by atoms with Gasteiger partial charge >= 0.3 is 0 Å².